The number of thiazole rings is 1. The molecule has 1 aliphatic heterocycles. The second-order valence-corrected chi connectivity index (χ2v) is 11.1. The Hall–Kier alpha value is -4.42. The molecule has 1 saturated heterocycles. The molecule has 1 amide bonds. The van der Waals surface area contributed by atoms with E-state index in [1.54, 1.807) is 29.5 Å². The van der Waals surface area contributed by atoms with Crippen molar-refractivity contribution in [1.82, 2.24) is 30.3 Å². The van der Waals surface area contributed by atoms with Gasteiger partial charge >= 0.3 is 5.76 Å². The molecule has 0 saturated carbocycles. The Morgan fingerprint density at radius 3 is 2.62 bits per heavy atom. The normalized spacial score (nSPS) is 16.8. The largest absolute Gasteiger partial charge is 0.434 e. The van der Waals surface area contributed by atoms with E-state index in [1.165, 1.54) is 0 Å². The van der Waals surface area contributed by atoms with E-state index >= 15 is 0 Å². The molecule has 12 heteroatoms. The summed E-state index contributed by atoms with van der Waals surface area (Å²) in [4.78, 5) is 32.0. The first kappa shape index (κ1) is 25.8. The molecule has 3 N–H and O–H groups in total. The standard InChI is InChI=1S/C28H27N7O4S/c1-16-15-40-24(30-16)21-9-6-10-35(21)25(36)20-12-18(11-19(13-20)23-32-34-27(37)39-23)22-31-33-26(38-22)28(2,29)14-17-7-4-3-5-8-17/h3-5,7-8,11-13,15,21H,6,9-10,14,29H2,1-2H3,(H,34,37)/t21-,28+/m1/s1. The van der Waals surface area contributed by atoms with Gasteiger partial charge in [-0.15, -0.1) is 26.6 Å². The average Bonchev–Trinajstić information content (AvgIpc) is 3.75. The van der Waals surface area contributed by atoms with Crippen molar-refractivity contribution in [3.63, 3.8) is 0 Å². The van der Waals surface area contributed by atoms with Crippen LogP contribution in [-0.2, 0) is 12.0 Å². The molecule has 1 aliphatic rings. The molecule has 0 aliphatic carbocycles. The van der Waals surface area contributed by atoms with Crippen LogP contribution < -0.4 is 11.5 Å². The van der Waals surface area contributed by atoms with Gasteiger partial charge < -0.3 is 19.5 Å². The number of carbonyl (C=O) groups excluding carboxylic acids is 1. The van der Waals surface area contributed by atoms with Crippen LogP contribution in [0.4, 0.5) is 0 Å². The van der Waals surface area contributed by atoms with Crippen molar-refractivity contribution >= 4 is 17.2 Å². The number of nitrogens with one attached hydrogen (secondary N) is 1. The Labute approximate surface area is 233 Å². The van der Waals surface area contributed by atoms with E-state index in [4.69, 9.17) is 14.6 Å². The Morgan fingerprint density at radius 2 is 1.93 bits per heavy atom. The van der Waals surface area contributed by atoms with Gasteiger partial charge in [0.05, 0.1) is 11.6 Å². The quantitative estimate of drug-likeness (QED) is 0.299. The molecule has 204 valence electrons. The lowest BCUT2D eigenvalue weighted by molar-refractivity contribution is 0.0735. The van der Waals surface area contributed by atoms with Crippen LogP contribution in [0.5, 0.6) is 0 Å². The molecule has 2 atom stereocenters. The number of aryl methyl sites for hydroxylation is 1. The number of carbonyl (C=O) groups is 1. The number of benzene rings is 2. The van der Waals surface area contributed by atoms with Gasteiger partial charge in [0.15, 0.2) is 0 Å². The molecule has 4 heterocycles. The predicted molar refractivity (Wildman–Crippen MR) is 147 cm³/mol. The molecule has 0 bridgehead atoms. The summed E-state index contributed by atoms with van der Waals surface area (Å²) in [6.07, 6.45) is 2.20. The van der Waals surface area contributed by atoms with Gasteiger partial charge in [0.1, 0.15) is 5.01 Å². The maximum absolute atomic E-state index is 13.9. The Kier molecular flexibility index (Phi) is 6.64. The van der Waals surface area contributed by atoms with E-state index in [0.717, 1.165) is 29.1 Å². The van der Waals surface area contributed by atoms with Crippen molar-refractivity contribution in [1.29, 1.82) is 0 Å². The molecule has 2 aromatic carbocycles. The van der Waals surface area contributed by atoms with Gasteiger partial charge in [-0.1, -0.05) is 30.3 Å². The number of aromatic amines is 1. The topological polar surface area (TPSA) is 157 Å². The highest BCUT2D eigenvalue weighted by molar-refractivity contribution is 7.09. The number of hydrogen-bond donors (Lipinski definition) is 2. The number of hydrogen-bond acceptors (Lipinski definition) is 10. The minimum Gasteiger partial charge on any atom is -0.419 e. The highest BCUT2D eigenvalue weighted by atomic mass is 32.1. The summed E-state index contributed by atoms with van der Waals surface area (Å²) in [6, 6.07) is 14.7. The van der Waals surface area contributed by atoms with Crippen LogP contribution in [0.15, 0.2) is 67.5 Å². The van der Waals surface area contributed by atoms with Gasteiger partial charge in [0.2, 0.25) is 17.7 Å². The van der Waals surface area contributed by atoms with Gasteiger partial charge in [-0.05, 0) is 56.9 Å². The highest BCUT2D eigenvalue weighted by Gasteiger charge is 2.34. The summed E-state index contributed by atoms with van der Waals surface area (Å²) in [5.41, 5.74) is 8.90. The van der Waals surface area contributed by atoms with Crippen LogP contribution in [0, 0.1) is 6.92 Å². The van der Waals surface area contributed by atoms with E-state index in [2.05, 4.69) is 25.4 Å². The first-order valence-electron chi connectivity index (χ1n) is 12.9. The van der Waals surface area contributed by atoms with E-state index < -0.39 is 11.3 Å². The highest BCUT2D eigenvalue weighted by Crippen LogP contribution is 2.36. The molecule has 1 fully saturated rings. The van der Waals surface area contributed by atoms with Crippen molar-refractivity contribution in [3.05, 3.63) is 92.2 Å². The van der Waals surface area contributed by atoms with Gasteiger partial charge in [-0.2, -0.15) is 0 Å². The Bertz CT molecular complexity index is 1720. The number of H-pyrrole nitrogens is 1. The van der Waals surface area contributed by atoms with Crippen LogP contribution >= 0.6 is 11.3 Å². The van der Waals surface area contributed by atoms with Crippen molar-refractivity contribution in [2.24, 2.45) is 5.73 Å². The van der Waals surface area contributed by atoms with Crippen molar-refractivity contribution < 1.29 is 13.6 Å². The zero-order valence-electron chi connectivity index (χ0n) is 22.0. The Morgan fingerprint density at radius 1 is 1.15 bits per heavy atom. The van der Waals surface area contributed by atoms with Gasteiger partial charge in [0, 0.05) is 34.3 Å². The van der Waals surface area contributed by atoms with Crippen LogP contribution in [0.1, 0.15) is 58.3 Å². The predicted octanol–water partition coefficient (Wildman–Crippen LogP) is 4.24. The van der Waals surface area contributed by atoms with Gasteiger partial charge in [-0.25, -0.2) is 14.9 Å². The van der Waals surface area contributed by atoms with Gasteiger partial charge in [0.25, 0.3) is 5.91 Å². The first-order chi connectivity index (χ1) is 19.3. The zero-order valence-corrected chi connectivity index (χ0v) is 22.8. The fourth-order valence-corrected chi connectivity index (χ4v) is 5.92. The summed E-state index contributed by atoms with van der Waals surface area (Å²) in [5, 5.41) is 17.6. The molecule has 3 aromatic heterocycles. The molecule has 5 aromatic rings. The lowest BCUT2D eigenvalue weighted by Crippen LogP contribution is -2.35. The molecule has 0 unspecified atom stereocenters. The van der Waals surface area contributed by atoms with Crippen molar-refractivity contribution in [2.45, 2.75) is 44.7 Å². The molecule has 0 spiro atoms. The lowest BCUT2D eigenvalue weighted by Gasteiger charge is -2.23. The maximum atomic E-state index is 13.9. The number of nitrogens with zero attached hydrogens (tertiary/aromatic N) is 5. The summed E-state index contributed by atoms with van der Waals surface area (Å²) < 4.78 is 11.3. The summed E-state index contributed by atoms with van der Waals surface area (Å²) in [6.45, 7) is 4.38. The molecule has 6 rings (SSSR count). The number of likely N-dealkylation sites (tertiary alicyclic amines) is 1. The van der Waals surface area contributed by atoms with E-state index in [9.17, 15) is 9.59 Å². The van der Waals surface area contributed by atoms with Gasteiger partial charge in [-0.3, -0.25) is 4.79 Å². The number of nitrogens with two attached hydrogens (primary N) is 1. The zero-order chi connectivity index (χ0) is 27.9. The lowest BCUT2D eigenvalue weighted by atomic mass is 9.94. The van der Waals surface area contributed by atoms with E-state index in [1.807, 2.05) is 54.5 Å². The van der Waals surface area contributed by atoms with Crippen molar-refractivity contribution in [2.75, 3.05) is 6.54 Å². The van der Waals surface area contributed by atoms with Crippen LogP contribution in [0.3, 0.4) is 0 Å². The van der Waals surface area contributed by atoms with E-state index in [0.29, 0.717) is 29.7 Å². The third-order valence-corrected chi connectivity index (χ3v) is 7.94. The molecule has 11 nitrogen and oxygen atoms in total. The second kappa shape index (κ2) is 10.3. The van der Waals surface area contributed by atoms with Crippen molar-refractivity contribution in [3.8, 4) is 22.9 Å². The third-order valence-electron chi connectivity index (χ3n) is 6.88. The Balaban J connectivity index is 1.36. The molecule has 0 radical (unpaired) electrons. The average molecular weight is 558 g/mol. The summed E-state index contributed by atoms with van der Waals surface area (Å²) in [5.74, 6) is -0.394. The monoisotopic (exact) mass is 557 g/mol. The fraction of sp³-hybridized carbons (Fsp3) is 0.286. The minimum absolute atomic E-state index is 0.0434. The number of aromatic nitrogens is 5. The summed E-state index contributed by atoms with van der Waals surface area (Å²) in [7, 11) is 0. The van der Waals surface area contributed by atoms with Crippen LogP contribution in [0.2, 0.25) is 0 Å². The fourth-order valence-electron chi connectivity index (χ4n) is 4.98. The smallest absolute Gasteiger partial charge is 0.419 e. The van der Waals surface area contributed by atoms with Crippen LogP contribution in [0.25, 0.3) is 22.9 Å². The molecular formula is C28H27N7O4S. The van der Waals surface area contributed by atoms with E-state index in [-0.39, 0.29) is 29.6 Å². The third kappa shape index (κ3) is 5.10. The number of amides is 1. The number of rotatable bonds is 7. The van der Waals surface area contributed by atoms with Crippen LogP contribution in [-0.4, -0.2) is 42.7 Å². The SMILES string of the molecule is Cc1csc([C@H]2CCCN2C(=O)c2cc(-c3nnc([C@@](C)(N)Cc4ccccc4)o3)cc(-c3n[nH]c(=O)o3)c2)n1. The first-order valence-corrected chi connectivity index (χ1v) is 13.8. The minimum atomic E-state index is -0.924. The molecular weight excluding hydrogens is 530 g/mol. The molecule has 40 heavy (non-hydrogen) atoms. The summed E-state index contributed by atoms with van der Waals surface area (Å²) >= 11 is 1.56. The second-order valence-electron chi connectivity index (χ2n) is 10.2. The maximum Gasteiger partial charge on any atom is 0.434 e.